The smallest absolute Gasteiger partial charge is 0.213 e. The van der Waals surface area contributed by atoms with Crippen molar-refractivity contribution < 1.29 is 19.0 Å². The second kappa shape index (κ2) is 9.04. The van der Waals surface area contributed by atoms with Gasteiger partial charge in [0, 0.05) is 24.4 Å². The van der Waals surface area contributed by atoms with Gasteiger partial charge >= 0.3 is 0 Å². The van der Waals surface area contributed by atoms with Crippen molar-refractivity contribution in [2.45, 2.75) is 32.5 Å². The minimum absolute atomic E-state index is 0.0268. The summed E-state index contributed by atoms with van der Waals surface area (Å²) in [4.78, 5) is 20.0. The molecule has 0 radical (unpaired) electrons. The quantitative estimate of drug-likeness (QED) is 0.594. The van der Waals surface area contributed by atoms with E-state index in [4.69, 9.17) is 14.2 Å². The summed E-state index contributed by atoms with van der Waals surface area (Å²) in [7, 11) is 1.50. The average Bonchev–Trinajstić information content (AvgIpc) is 3.28. The van der Waals surface area contributed by atoms with Crippen LogP contribution in [-0.2, 0) is 11.3 Å². The maximum atomic E-state index is 11.4. The molecule has 0 amide bonds. The number of carbonyl (C=O) groups excluding carboxylic acids is 1. The van der Waals surface area contributed by atoms with E-state index in [9.17, 15) is 4.79 Å². The first kappa shape index (κ1) is 20.0. The maximum Gasteiger partial charge on any atom is 0.213 e. The van der Waals surface area contributed by atoms with Crippen molar-refractivity contribution >= 4 is 6.29 Å². The molecule has 30 heavy (non-hydrogen) atoms. The first-order valence-corrected chi connectivity index (χ1v) is 9.91. The third-order valence-electron chi connectivity index (χ3n) is 5.22. The fourth-order valence-electron chi connectivity index (χ4n) is 3.51. The first-order valence-electron chi connectivity index (χ1n) is 9.91. The highest BCUT2D eigenvalue weighted by Crippen LogP contribution is 2.32. The van der Waals surface area contributed by atoms with Crippen molar-refractivity contribution in [1.82, 2.24) is 20.2 Å². The van der Waals surface area contributed by atoms with Gasteiger partial charge in [0.25, 0.3) is 0 Å². The lowest BCUT2D eigenvalue weighted by atomic mass is 9.96. The van der Waals surface area contributed by atoms with Crippen LogP contribution in [0.25, 0.3) is 11.4 Å². The molecule has 0 saturated carbocycles. The van der Waals surface area contributed by atoms with Crippen LogP contribution in [0.4, 0.5) is 0 Å². The van der Waals surface area contributed by atoms with Crippen molar-refractivity contribution in [2.24, 2.45) is 5.92 Å². The summed E-state index contributed by atoms with van der Waals surface area (Å²) in [5.41, 5.74) is 3.63. The second-order valence-corrected chi connectivity index (χ2v) is 7.38. The molecule has 1 aliphatic heterocycles. The molecule has 0 bridgehead atoms. The molecule has 3 aromatic rings. The van der Waals surface area contributed by atoms with Gasteiger partial charge < -0.3 is 14.2 Å². The molecule has 8 nitrogen and oxygen atoms in total. The van der Waals surface area contributed by atoms with Crippen LogP contribution in [0, 0.1) is 5.92 Å². The monoisotopic (exact) mass is 408 g/mol. The Balaban J connectivity index is 1.53. The molecule has 156 valence electrons. The van der Waals surface area contributed by atoms with Gasteiger partial charge in [-0.1, -0.05) is 13.0 Å². The van der Waals surface area contributed by atoms with Gasteiger partial charge in [0.2, 0.25) is 5.88 Å². The highest BCUT2D eigenvalue weighted by atomic mass is 16.5. The van der Waals surface area contributed by atoms with Crippen LogP contribution in [0.2, 0.25) is 0 Å². The summed E-state index contributed by atoms with van der Waals surface area (Å²) in [6, 6.07) is 7.29. The van der Waals surface area contributed by atoms with Crippen molar-refractivity contribution in [3.8, 4) is 23.0 Å². The number of rotatable bonds is 7. The van der Waals surface area contributed by atoms with E-state index in [2.05, 4.69) is 27.1 Å². The number of aromatic nitrogens is 4. The highest BCUT2D eigenvalue weighted by Gasteiger charge is 2.23. The summed E-state index contributed by atoms with van der Waals surface area (Å²) in [5.74, 6) is 1.36. The van der Waals surface area contributed by atoms with E-state index in [1.807, 2.05) is 18.2 Å². The Labute approximate surface area is 174 Å². The van der Waals surface area contributed by atoms with Crippen molar-refractivity contribution in [3.63, 3.8) is 0 Å². The Hall–Kier alpha value is -3.26. The summed E-state index contributed by atoms with van der Waals surface area (Å²) in [6.45, 7) is 3.22. The van der Waals surface area contributed by atoms with Gasteiger partial charge in [0.1, 0.15) is 18.1 Å². The van der Waals surface area contributed by atoms with Crippen LogP contribution >= 0.6 is 0 Å². The number of carbonyl (C=O) groups is 1. The Morgan fingerprint density at radius 3 is 3.03 bits per heavy atom. The minimum atomic E-state index is 0.0268. The summed E-state index contributed by atoms with van der Waals surface area (Å²) in [6.07, 6.45) is 6.00. The fraction of sp³-hybridized carbons (Fsp3) is 0.364. The van der Waals surface area contributed by atoms with Crippen molar-refractivity contribution in [2.75, 3.05) is 13.7 Å². The number of methoxy groups -OCH3 is 1. The molecule has 1 fully saturated rings. The molecule has 1 saturated heterocycles. The Kier molecular flexibility index (Phi) is 6.04. The zero-order valence-corrected chi connectivity index (χ0v) is 17.0. The summed E-state index contributed by atoms with van der Waals surface area (Å²) < 4.78 is 16.8. The van der Waals surface area contributed by atoms with E-state index in [1.54, 1.807) is 6.20 Å². The van der Waals surface area contributed by atoms with Gasteiger partial charge in [0.15, 0.2) is 6.29 Å². The van der Waals surface area contributed by atoms with Crippen LogP contribution in [0.15, 0.2) is 36.7 Å². The standard InChI is InChI=1S/C22H24N4O4/c1-14-5-7-29-19(8-14)17-10-18(26-25-17)22-15(4-3-6-23-22)13-30-20-11-24-21(28-2)9-16(20)12-27/h3-4,6,9-12,14,19H,5,7-8,13H2,1-2H3,(H,25,26)/t14-,19?/m1/s1. The van der Waals surface area contributed by atoms with E-state index in [0.717, 1.165) is 48.4 Å². The predicted octanol–water partition coefficient (Wildman–Crippen LogP) is 3.75. The zero-order valence-electron chi connectivity index (χ0n) is 17.0. The van der Waals surface area contributed by atoms with Crippen LogP contribution in [0.5, 0.6) is 11.6 Å². The zero-order chi connectivity index (χ0) is 20.9. The highest BCUT2D eigenvalue weighted by molar-refractivity contribution is 5.79. The van der Waals surface area contributed by atoms with Crippen molar-refractivity contribution in [1.29, 1.82) is 0 Å². The van der Waals surface area contributed by atoms with E-state index in [1.165, 1.54) is 19.4 Å². The molecule has 0 spiro atoms. The normalized spacial score (nSPS) is 18.7. The van der Waals surface area contributed by atoms with E-state index in [0.29, 0.717) is 23.1 Å². The number of H-pyrrole nitrogens is 1. The molecule has 4 heterocycles. The minimum Gasteiger partial charge on any atom is -0.486 e. The van der Waals surface area contributed by atoms with Crippen LogP contribution in [0.3, 0.4) is 0 Å². The lowest BCUT2D eigenvalue weighted by Crippen LogP contribution is -2.18. The lowest BCUT2D eigenvalue weighted by Gasteiger charge is -2.26. The fourth-order valence-corrected chi connectivity index (χ4v) is 3.51. The van der Waals surface area contributed by atoms with E-state index >= 15 is 0 Å². The molecule has 8 heteroatoms. The molecule has 0 aromatic carbocycles. The Morgan fingerprint density at radius 1 is 1.33 bits per heavy atom. The molecule has 1 unspecified atom stereocenters. The Morgan fingerprint density at radius 2 is 2.23 bits per heavy atom. The van der Waals surface area contributed by atoms with Gasteiger partial charge in [-0.15, -0.1) is 0 Å². The Bertz CT molecular complexity index is 1020. The third kappa shape index (κ3) is 4.33. The molecular formula is C22H24N4O4. The summed E-state index contributed by atoms with van der Waals surface area (Å²) in [5, 5.41) is 7.55. The number of aldehydes is 1. The largest absolute Gasteiger partial charge is 0.486 e. The number of hydrogen-bond donors (Lipinski definition) is 1. The van der Waals surface area contributed by atoms with Gasteiger partial charge in [-0.2, -0.15) is 5.10 Å². The molecule has 3 aromatic heterocycles. The van der Waals surface area contributed by atoms with Gasteiger partial charge in [-0.25, -0.2) is 4.98 Å². The van der Waals surface area contributed by atoms with Crippen LogP contribution in [0.1, 0.15) is 47.5 Å². The van der Waals surface area contributed by atoms with Crippen molar-refractivity contribution in [3.05, 3.63) is 53.5 Å². The molecule has 0 aliphatic carbocycles. The maximum absolute atomic E-state index is 11.4. The average molecular weight is 408 g/mol. The molecule has 4 rings (SSSR count). The van der Waals surface area contributed by atoms with Crippen LogP contribution in [-0.4, -0.2) is 40.2 Å². The number of nitrogens with one attached hydrogen (secondary N) is 1. The topological polar surface area (TPSA) is 99.2 Å². The number of nitrogens with zero attached hydrogens (tertiary/aromatic N) is 3. The first-order chi connectivity index (χ1) is 14.7. The number of hydrogen-bond acceptors (Lipinski definition) is 7. The molecular weight excluding hydrogens is 384 g/mol. The van der Waals surface area contributed by atoms with Gasteiger partial charge in [0.05, 0.1) is 36.4 Å². The number of pyridine rings is 2. The lowest BCUT2D eigenvalue weighted by molar-refractivity contribution is -0.00878. The molecule has 2 atom stereocenters. The van der Waals surface area contributed by atoms with Gasteiger partial charge in [-0.3, -0.25) is 14.9 Å². The predicted molar refractivity (Wildman–Crippen MR) is 109 cm³/mol. The second-order valence-electron chi connectivity index (χ2n) is 7.38. The van der Waals surface area contributed by atoms with Crippen LogP contribution < -0.4 is 9.47 Å². The summed E-state index contributed by atoms with van der Waals surface area (Å²) >= 11 is 0. The molecule has 1 N–H and O–H groups in total. The SMILES string of the molecule is COc1cc(C=O)c(OCc2cccnc2-c2cc(C3C[C@H](C)CCO3)[nH]n2)cn1. The third-order valence-corrected chi connectivity index (χ3v) is 5.22. The number of aromatic amines is 1. The van der Waals surface area contributed by atoms with Gasteiger partial charge in [-0.05, 0) is 30.9 Å². The van der Waals surface area contributed by atoms with E-state index in [-0.39, 0.29) is 12.7 Å². The number of ether oxygens (including phenoxy) is 3. The molecule has 1 aliphatic rings. The van der Waals surface area contributed by atoms with E-state index < -0.39 is 0 Å².